The molecule has 0 aliphatic carbocycles. The van der Waals surface area contributed by atoms with Crippen molar-refractivity contribution in [2.24, 2.45) is 0 Å². The molecule has 1 heterocycles. The second-order valence-corrected chi connectivity index (χ2v) is 4.89. The van der Waals surface area contributed by atoms with Crippen molar-refractivity contribution in [2.75, 3.05) is 7.11 Å². The smallest absolute Gasteiger partial charge is 0.345 e. The molecule has 0 atom stereocenters. The van der Waals surface area contributed by atoms with Crippen molar-refractivity contribution >= 4 is 5.97 Å². The number of carbonyl (C=O) groups excluding carboxylic acids is 1. The van der Waals surface area contributed by atoms with Crippen LogP contribution in [-0.4, -0.2) is 23.3 Å². The molecule has 0 N–H and O–H groups in total. The lowest BCUT2D eigenvalue weighted by atomic mass is 10.1. The first-order valence-electron chi connectivity index (χ1n) is 7.11. The van der Waals surface area contributed by atoms with Gasteiger partial charge in [0.05, 0.1) is 18.4 Å². The molecule has 24 heavy (non-hydrogen) atoms. The van der Waals surface area contributed by atoms with Gasteiger partial charge >= 0.3 is 5.97 Å². The van der Waals surface area contributed by atoms with Gasteiger partial charge in [0.15, 0.2) is 0 Å². The van der Waals surface area contributed by atoms with Gasteiger partial charge in [0.25, 0.3) is 0 Å². The number of methoxy groups -OCH3 is 1. The molecule has 0 saturated carbocycles. The predicted octanol–water partition coefficient (Wildman–Crippen LogP) is 3.51. The maximum atomic E-state index is 12.9. The Morgan fingerprint density at radius 1 is 1.00 bits per heavy atom. The SMILES string of the molecule is COc1cccc(C(=O)Oc2ccc(-c3ccc(F)cc3)nn2)c1. The van der Waals surface area contributed by atoms with Crippen LogP contribution in [0.4, 0.5) is 4.39 Å². The van der Waals surface area contributed by atoms with Crippen LogP contribution in [0.15, 0.2) is 60.7 Å². The van der Waals surface area contributed by atoms with Gasteiger partial charge in [-0.1, -0.05) is 6.07 Å². The van der Waals surface area contributed by atoms with Gasteiger partial charge in [-0.15, -0.1) is 10.2 Å². The molecule has 2 aromatic carbocycles. The average molecular weight is 324 g/mol. The van der Waals surface area contributed by atoms with E-state index in [-0.39, 0.29) is 11.7 Å². The van der Waals surface area contributed by atoms with Gasteiger partial charge in [-0.2, -0.15) is 0 Å². The van der Waals surface area contributed by atoms with Crippen molar-refractivity contribution in [2.45, 2.75) is 0 Å². The van der Waals surface area contributed by atoms with E-state index < -0.39 is 5.97 Å². The monoisotopic (exact) mass is 324 g/mol. The summed E-state index contributed by atoms with van der Waals surface area (Å²) >= 11 is 0. The summed E-state index contributed by atoms with van der Waals surface area (Å²) in [5.41, 5.74) is 1.62. The summed E-state index contributed by atoms with van der Waals surface area (Å²) in [5, 5.41) is 7.85. The molecule has 0 fully saturated rings. The Balaban J connectivity index is 1.73. The Kier molecular flexibility index (Phi) is 4.47. The number of rotatable bonds is 4. The Bertz CT molecular complexity index is 849. The van der Waals surface area contributed by atoms with Crippen molar-refractivity contribution in [1.82, 2.24) is 10.2 Å². The molecule has 0 aliphatic rings. The van der Waals surface area contributed by atoms with E-state index in [1.807, 2.05) is 0 Å². The lowest BCUT2D eigenvalue weighted by Gasteiger charge is -2.05. The lowest BCUT2D eigenvalue weighted by molar-refractivity contribution is 0.0725. The highest BCUT2D eigenvalue weighted by Gasteiger charge is 2.11. The number of carbonyl (C=O) groups is 1. The first-order chi connectivity index (χ1) is 11.7. The molecule has 0 saturated heterocycles. The highest BCUT2D eigenvalue weighted by atomic mass is 19.1. The lowest BCUT2D eigenvalue weighted by Crippen LogP contribution is -2.10. The maximum absolute atomic E-state index is 12.9. The molecule has 6 heteroatoms. The van der Waals surface area contributed by atoms with E-state index in [0.29, 0.717) is 17.0 Å². The van der Waals surface area contributed by atoms with Crippen LogP contribution in [0.3, 0.4) is 0 Å². The zero-order valence-corrected chi connectivity index (χ0v) is 12.8. The van der Waals surface area contributed by atoms with Gasteiger partial charge in [-0.3, -0.25) is 0 Å². The summed E-state index contributed by atoms with van der Waals surface area (Å²) in [6.45, 7) is 0. The summed E-state index contributed by atoms with van der Waals surface area (Å²) in [5.74, 6) is -0.246. The number of aromatic nitrogens is 2. The van der Waals surface area contributed by atoms with Crippen LogP contribution in [0.25, 0.3) is 11.3 Å². The first kappa shape index (κ1) is 15.6. The van der Waals surface area contributed by atoms with Crippen molar-refractivity contribution in [3.63, 3.8) is 0 Å². The van der Waals surface area contributed by atoms with E-state index in [1.54, 1.807) is 42.5 Å². The number of hydrogen-bond acceptors (Lipinski definition) is 5. The fourth-order valence-electron chi connectivity index (χ4n) is 2.05. The number of halogens is 1. The molecular weight excluding hydrogens is 311 g/mol. The summed E-state index contributed by atoms with van der Waals surface area (Å²) in [6.07, 6.45) is 0. The third-order valence-corrected chi connectivity index (χ3v) is 3.28. The summed E-state index contributed by atoms with van der Waals surface area (Å²) < 4.78 is 23.2. The first-order valence-corrected chi connectivity index (χ1v) is 7.11. The third-order valence-electron chi connectivity index (χ3n) is 3.28. The molecule has 0 unspecified atom stereocenters. The number of benzene rings is 2. The highest BCUT2D eigenvalue weighted by molar-refractivity contribution is 5.91. The van der Waals surface area contributed by atoms with E-state index in [2.05, 4.69) is 10.2 Å². The molecule has 0 radical (unpaired) electrons. The Hall–Kier alpha value is -3.28. The molecule has 0 aliphatic heterocycles. The summed E-state index contributed by atoms with van der Waals surface area (Å²) in [7, 11) is 1.52. The second kappa shape index (κ2) is 6.87. The number of hydrogen-bond donors (Lipinski definition) is 0. The fraction of sp³-hybridized carbons (Fsp3) is 0.0556. The van der Waals surface area contributed by atoms with E-state index >= 15 is 0 Å². The van der Waals surface area contributed by atoms with Gasteiger partial charge in [0.2, 0.25) is 5.88 Å². The number of nitrogens with zero attached hydrogens (tertiary/aromatic N) is 2. The second-order valence-electron chi connectivity index (χ2n) is 4.89. The standard InChI is InChI=1S/C18H13FN2O3/c1-23-15-4-2-3-13(11-15)18(22)24-17-10-9-16(20-21-17)12-5-7-14(19)8-6-12/h2-11H,1H3. The van der Waals surface area contributed by atoms with Crippen molar-refractivity contribution in [3.8, 4) is 22.9 Å². The summed E-state index contributed by atoms with van der Waals surface area (Å²) in [4.78, 5) is 12.1. The predicted molar refractivity (Wildman–Crippen MR) is 85.4 cm³/mol. The molecule has 1 aromatic heterocycles. The average Bonchev–Trinajstić information content (AvgIpc) is 2.63. The highest BCUT2D eigenvalue weighted by Crippen LogP contribution is 2.19. The minimum Gasteiger partial charge on any atom is -0.497 e. The van der Waals surface area contributed by atoms with Crippen LogP contribution in [0.1, 0.15) is 10.4 Å². The van der Waals surface area contributed by atoms with Gasteiger partial charge in [-0.05, 0) is 48.5 Å². The van der Waals surface area contributed by atoms with Gasteiger partial charge in [0, 0.05) is 11.6 Å². The van der Waals surface area contributed by atoms with E-state index in [1.165, 1.54) is 25.3 Å². The minimum absolute atomic E-state index is 0.0775. The molecule has 0 bridgehead atoms. The molecule has 0 spiro atoms. The van der Waals surface area contributed by atoms with Crippen molar-refractivity contribution in [1.29, 1.82) is 0 Å². The largest absolute Gasteiger partial charge is 0.497 e. The molecule has 0 amide bonds. The van der Waals surface area contributed by atoms with E-state index in [0.717, 1.165) is 5.56 Å². The minimum atomic E-state index is -0.558. The van der Waals surface area contributed by atoms with Gasteiger partial charge in [0.1, 0.15) is 11.6 Å². The van der Waals surface area contributed by atoms with Crippen molar-refractivity contribution < 1.29 is 18.7 Å². The quantitative estimate of drug-likeness (QED) is 0.687. The molecular formula is C18H13FN2O3. The topological polar surface area (TPSA) is 61.3 Å². The number of ether oxygens (including phenoxy) is 2. The number of esters is 1. The van der Waals surface area contributed by atoms with Crippen LogP contribution in [0, 0.1) is 5.82 Å². The van der Waals surface area contributed by atoms with Gasteiger partial charge in [-0.25, -0.2) is 9.18 Å². The van der Waals surface area contributed by atoms with Crippen LogP contribution in [0.5, 0.6) is 11.6 Å². The molecule has 5 nitrogen and oxygen atoms in total. The Morgan fingerprint density at radius 3 is 2.46 bits per heavy atom. The Morgan fingerprint density at radius 2 is 1.79 bits per heavy atom. The Labute approximate surface area is 137 Å². The zero-order valence-electron chi connectivity index (χ0n) is 12.8. The van der Waals surface area contributed by atoms with Crippen LogP contribution in [0.2, 0.25) is 0 Å². The van der Waals surface area contributed by atoms with Crippen LogP contribution < -0.4 is 9.47 Å². The van der Waals surface area contributed by atoms with Gasteiger partial charge < -0.3 is 9.47 Å². The summed E-state index contributed by atoms with van der Waals surface area (Å²) in [6, 6.07) is 15.7. The third kappa shape index (κ3) is 3.55. The maximum Gasteiger partial charge on any atom is 0.345 e. The van der Waals surface area contributed by atoms with Crippen LogP contribution in [-0.2, 0) is 0 Å². The molecule has 3 aromatic rings. The fourth-order valence-corrected chi connectivity index (χ4v) is 2.05. The van der Waals surface area contributed by atoms with E-state index in [9.17, 15) is 9.18 Å². The van der Waals surface area contributed by atoms with Crippen LogP contribution >= 0.6 is 0 Å². The van der Waals surface area contributed by atoms with E-state index in [4.69, 9.17) is 9.47 Å². The molecule has 120 valence electrons. The normalized spacial score (nSPS) is 10.2. The van der Waals surface area contributed by atoms with Crippen molar-refractivity contribution in [3.05, 3.63) is 72.0 Å². The zero-order chi connectivity index (χ0) is 16.9. The molecule has 3 rings (SSSR count).